The molecule has 2 rings (SSSR count). The Hall–Kier alpha value is -2.04. The molecule has 0 aliphatic heterocycles. The molecule has 0 atom stereocenters. The lowest BCUT2D eigenvalue weighted by atomic mass is 10.2. The Bertz CT molecular complexity index is 587. The van der Waals surface area contributed by atoms with Gasteiger partial charge in [0.15, 0.2) is 0 Å². The fourth-order valence-corrected chi connectivity index (χ4v) is 2.34. The predicted molar refractivity (Wildman–Crippen MR) is 96.6 cm³/mol. The molecule has 4 nitrogen and oxygen atoms in total. The second-order valence-corrected chi connectivity index (χ2v) is 5.54. The van der Waals surface area contributed by atoms with E-state index in [-0.39, 0.29) is 0 Å². The summed E-state index contributed by atoms with van der Waals surface area (Å²) in [4.78, 5) is 0. The highest BCUT2D eigenvalue weighted by atomic mass is 16.5. The summed E-state index contributed by atoms with van der Waals surface area (Å²) in [6.07, 6.45) is 1.10. The fraction of sp³-hybridized carbons (Fsp3) is 0.400. The van der Waals surface area contributed by atoms with Crippen molar-refractivity contribution in [2.45, 2.75) is 26.5 Å². The van der Waals surface area contributed by atoms with Crippen LogP contribution in [0.5, 0.6) is 11.5 Å². The predicted octanol–water partition coefficient (Wildman–Crippen LogP) is 3.79. The lowest BCUT2D eigenvalue weighted by Crippen LogP contribution is -2.15. The molecule has 1 N–H and O–H groups in total. The maximum absolute atomic E-state index is 5.88. The van der Waals surface area contributed by atoms with E-state index in [1.54, 1.807) is 7.11 Å². The zero-order valence-corrected chi connectivity index (χ0v) is 14.6. The molecule has 0 bridgehead atoms. The zero-order valence-electron chi connectivity index (χ0n) is 14.6. The van der Waals surface area contributed by atoms with Gasteiger partial charge in [-0.25, -0.2) is 0 Å². The van der Waals surface area contributed by atoms with Crippen LogP contribution in [0.3, 0.4) is 0 Å². The highest BCUT2D eigenvalue weighted by Gasteiger charge is 2.06. The van der Waals surface area contributed by atoms with E-state index in [0.29, 0.717) is 19.8 Å². The molecule has 24 heavy (non-hydrogen) atoms. The Labute approximate surface area is 144 Å². The molecule has 0 saturated heterocycles. The Balaban J connectivity index is 1.79. The Kier molecular flexibility index (Phi) is 8.15. The average Bonchev–Trinajstić information content (AvgIpc) is 2.63. The van der Waals surface area contributed by atoms with Crippen molar-refractivity contribution in [2.75, 3.05) is 26.9 Å². The molecule has 130 valence electrons. The largest absolute Gasteiger partial charge is 0.497 e. The third-order valence-electron chi connectivity index (χ3n) is 3.61. The molecular formula is C20H27NO3. The van der Waals surface area contributed by atoms with E-state index in [9.17, 15) is 0 Å². The third kappa shape index (κ3) is 6.22. The van der Waals surface area contributed by atoms with E-state index in [4.69, 9.17) is 14.2 Å². The second-order valence-electron chi connectivity index (χ2n) is 5.54. The Morgan fingerprint density at radius 3 is 2.58 bits per heavy atom. The van der Waals surface area contributed by atoms with Gasteiger partial charge in [0.1, 0.15) is 18.1 Å². The van der Waals surface area contributed by atoms with Crippen LogP contribution in [0.4, 0.5) is 0 Å². The van der Waals surface area contributed by atoms with E-state index < -0.39 is 0 Å². The van der Waals surface area contributed by atoms with Gasteiger partial charge in [-0.2, -0.15) is 0 Å². The van der Waals surface area contributed by atoms with Gasteiger partial charge in [-0.3, -0.25) is 0 Å². The van der Waals surface area contributed by atoms with Crippen molar-refractivity contribution >= 4 is 0 Å². The molecule has 0 aliphatic carbocycles. The lowest BCUT2D eigenvalue weighted by Gasteiger charge is -2.14. The molecule has 0 aromatic heterocycles. The summed E-state index contributed by atoms with van der Waals surface area (Å²) in [5, 5.41) is 3.40. The molecule has 2 aromatic carbocycles. The highest BCUT2D eigenvalue weighted by molar-refractivity contribution is 5.40. The van der Waals surface area contributed by atoms with Crippen LogP contribution in [0.15, 0.2) is 48.5 Å². The second kappa shape index (κ2) is 10.7. The van der Waals surface area contributed by atoms with Crippen LogP contribution in [0.2, 0.25) is 0 Å². The van der Waals surface area contributed by atoms with Gasteiger partial charge in [-0.05, 0) is 36.7 Å². The van der Waals surface area contributed by atoms with Crippen molar-refractivity contribution in [2.24, 2.45) is 0 Å². The first kappa shape index (κ1) is 18.3. The summed E-state index contributed by atoms with van der Waals surface area (Å²) >= 11 is 0. The first-order valence-corrected chi connectivity index (χ1v) is 8.45. The summed E-state index contributed by atoms with van der Waals surface area (Å²) in [7, 11) is 1.68. The maximum atomic E-state index is 5.88. The quantitative estimate of drug-likeness (QED) is 0.637. The first-order valence-electron chi connectivity index (χ1n) is 8.45. The molecule has 0 radical (unpaired) electrons. The molecule has 0 aliphatic rings. The third-order valence-corrected chi connectivity index (χ3v) is 3.61. The smallest absolute Gasteiger partial charge is 0.124 e. The van der Waals surface area contributed by atoms with Gasteiger partial charge in [0, 0.05) is 12.1 Å². The van der Waals surface area contributed by atoms with E-state index in [0.717, 1.165) is 36.6 Å². The van der Waals surface area contributed by atoms with Gasteiger partial charge < -0.3 is 19.5 Å². The molecule has 0 unspecified atom stereocenters. The minimum Gasteiger partial charge on any atom is -0.497 e. The fourth-order valence-electron chi connectivity index (χ4n) is 2.34. The molecule has 0 fully saturated rings. The molecule has 0 amide bonds. The number of ether oxygens (including phenoxy) is 3. The molecule has 4 heteroatoms. The van der Waals surface area contributed by atoms with E-state index in [2.05, 4.69) is 24.4 Å². The average molecular weight is 329 g/mol. The number of hydrogen-bond acceptors (Lipinski definition) is 4. The summed E-state index contributed by atoms with van der Waals surface area (Å²) in [5.74, 6) is 1.72. The van der Waals surface area contributed by atoms with Crippen LogP contribution in [0, 0.1) is 0 Å². The topological polar surface area (TPSA) is 39.7 Å². The van der Waals surface area contributed by atoms with Crippen molar-refractivity contribution < 1.29 is 14.2 Å². The molecular weight excluding hydrogens is 302 g/mol. The van der Waals surface area contributed by atoms with Gasteiger partial charge in [0.2, 0.25) is 0 Å². The minimum atomic E-state index is 0.528. The molecule has 2 aromatic rings. The van der Waals surface area contributed by atoms with E-state index in [1.165, 1.54) is 5.56 Å². The lowest BCUT2D eigenvalue weighted by molar-refractivity contribution is 0.0885. The molecule has 0 heterocycles. The normalized spacial score (nSPS) is 10.6. The summed E-state index contributed by atoms with van der Waals surface area (Å²) < 4.78 is 16.8. The number of methoxy groups -OCH3 is 1. The maximum Gasteiger partial charge on any atom is 0.124 e. The van der Waals surface area contributed by atoms with Gasteiger partial charge in [-0.1, -0.05) is 37.3 Å². The van der Waals surface area contributed by atoms with E-state index >= 15 is 0 Å². The van der Waals surface area contributed by atoms with Crippen LogP contribution < -0.4 is 14.8 Å². The van der Waals surface area contributed by atoms with Crippen LogP contribution in [-0.4, -0.2) is 26.9 Å². The first-order chi connectivity index (χ1) is 11.8. The highest BCUT2D eigenvalue weighted by Crippen LogP contribution is 2.24. The van der Waals surface area contributed by atoms with Crippen molar-refractivity contribution in [3.8, 4) is 11.5 Å². The Morgan fingerprint density at radius 2 is 1.83 bits per heavy atom. The SMILES string of the molecule is CCCNCc1cc(OC)ccc1OCCOCc1ccccc1. The zero-order chi connectivity index (χ0) is 17.0. The van der Waals surface area contributed by atoms with Crippen molar-refractivity contribution in [3.63, 3.8) is 0 Å². The van der Waals surface area contributed by atoms with Gasteiger partial charge >= 0.3 is 0 Å². The van der Waals surface area contributed by atoms with Crippen LogP contribution >= 0.6 is 0 Å². The number of rotatable bonds is 11. The number of benzene rings is 2. The summed E-state index contributed by atoms with van der Waals surface area (Å²) in [6, 6.07) is 16.0. The van der Waals surface area contributed by atoms with Crippen LogP contribution in [0.25, 0.3) is 0 Å². The van der Waals surface area contributed by atoms with Gasteiger partial charge in [0.05, 0.1) is 20.3 Å². The minimum absolute atomic E-state index is 0.528. The molecule has 0 spiro atoms. The van der Waals surface area contributed by atoms with Crippen LogP contribution in [0.1, 0.15) is 24.5 Å². The van der Waals surface area contributed by atoms with Crippen molar-refractivity contribution in [3.05, 3.63) is 59.7 Å². The van der Waals surface area contributed by atoms with E-state index in [1.807, 2.05) is 36.4 Å². The van der Waals surface area contributed by atoms with Crippen molar-refractivity contribution in [1.82, 2.24) is 5.32 Å². The number of hydrogen-bond donors (Lipinski definition) is 1. The van der Waals surface area contributed by atoms with Gasteiger partial charge in [0.25, 0.3) is 0 Å². The van der Waals surface area contributed by atoms with Crippen LogP contribution in [-0.2, 0) is 17.9 Å². The summed E-state index contributed by atoms with van der Waals surface area (Å²) in [6.45, 7) is 5.60. The molecule has 0 saturated carbocycles. The monoisotopic (exact) mass is 329 g/mol. The number of nitrogens with one attached hydrogen (secondary N) is 1. The van der Waals surface area contributed by atoms with Gasteiger partial charge in [-0.15, -0.1) is 0 Å². The Morgan fingerprint density at radius 1 is 1.00 bits per heavy atom. The van der Waals surface area contributed by atoms with Crippen molar-refractivity contribution in [1.29, 1.82) is 0 Å². The summed E-state index contributed by atoms with van der Waals surface area (Å²) in [5.41, 5.74) is 2.28. The standard InChI is InChI=1S/C20H27NO3/c1-3-11-21-15-18-14-19(22-2)9-10-20(18)24-13-12-23-16-17-7-5-4-6-8-17/h4-10,14,21H,3,11-13,15-16H2,1-2H3.